The standard InChI is InChI=1S/C14H18N2OS2/c1-10(2)12-5-3-11(4-6-12)7-8-19-9-13-15-16-14(18)17-13/h3-6,10H,7-9H2,1-2H3,(H,16,18). The quantitative estimate of drug-likeness (QED) is 0.636. The fraction of sp³-hybridized carbons (Fsp3) is 0.429. The Kier molecular flexibility index (Phi) is 5.22. The number of H-pyrrole nitrogens is 1. The van der Waals surface area contributed by atoms with Crippen molar-refractivity contribution in [1.29, 1.82) is 0 Å². The smallest absolute Gasteiger partial charge is 0.284 e. The third kappa shape index (κ3) is 4.51. The maximum atomic E-state index is 5.21. The van der Waals surface area contributed by atoms with Gasteiger partial charge in [-0.05, 0) is 41.4 Å². The second-order valence-corrected chi connectivity index (χ2v) is 6.18. The third-order valence-corrected chi connectivity index (χ3v) is 4.01. The highest BCUT2D eigenvalue weighted by atomic mass is 32.2. The third-order valence-electron chi connectivity index (χ3n) is 2.89. The van der Waals surface area contributed by atoms with Crippen LogP contribution in [0.15, 0.2) is 28.7 Å². The van der Waals surface area contributed by atoms with Crippen molar-refractivity contribution in [3.8, 4) is 0 Å². The van der Waals surface area contributed by atoms with Crippen molar-refractivity contribution in [2.45, 2.75) is 31.9 Å². The average molecular weight is 294 g/mol. The molecule has 3 nitrogen and oxygen atoms in total. The summed E-state index contributed by atoms with van der Waals surface area (Å²) in [6, 6.07) is 8.88. The molecule has 0 radical (unpaired) electrons. The summed E-state index contributed by atoms with van der Waals surface area (Å²) >= 11 is 6.63. The molecular weight excluding hydrogens is 276 g/mol. The second kappa shape index (κ2) is 6.91. The Morgan fingerprint density at radius 1 is 1.32 bits per heavy atom. The number of aromatic nitrogens is 2. The van der Waals surface area contributed by atoms with Crippen molar-refractivity contribution in [2.75, 3.05) is 5.75 Å². The molecule has 5 heteroatoms. The Morgan fingerprint density at radius 2 is 2.05 bits per heavy atom. The lowest BCUT2D eigenvalue weighted by molar-refractivity contribution is 0.500. The molecule has 1 aromatic carbocycles. The van der Waals surface area contributed by atoms with Crippen LogP contribution in [-0.4, -0.2) is 16.0 Å². The van der Waals surface area contributed by atoms with Crippen LogP contribution in [0.3, 0.4) is 0 Å². The van der Waals surface area contributed by atoms with Crippen molar-refractivity contribution in [2.24, 2.45) is 0 Å². The van der Waals surface area contributed by atoms with Crippen LogP contribution >= 0.6 is 24.0 Å². The summed E-state index contributed by atoms with van der Waals surface area (Å²) in [7, 11) is 0. The van der Waals surface area contributed by atoms with Gasteiger partial charge >= 0.3 is 0 Å². The molecule has 0 aliphatic rings. The number of hydrogen-bond acceptors (Lipinski definition) is 4. The normalized spacial score (nSPS) is 11.1. The number of benzene rings is 1. The van der Waals surface area contributed by atoms with E-state index in [1.165, 1.54) is 11.1 Å². The van der Waals surface area contributed by atoms with E-state index >= 15 is 0 Å². The summed E-state index contributed by atoms with van der Waals surface area (Å²) in [5.74, 6) is 3.08. The maximum Gasteiger partial charge on any atom is 0.284 e. The Morgan fingerprint density at radius 3 is 2.63 bits per heavy atom. The van der Waals surface area contributed by atoms with Gasteiger partial charge in [0, 0.05) is 0 Å². The van der Waals surface area contributed by atoms with E-state index < -0.39 is 0 Å². The molecule has 0 saturated heterocycles. The summed E-state index contributed by atoms with van der Waals surface area (Å²) in [4.78, 5) is 0.347. The molecule has 1 N–H and O–H groups in total. The Bertz CT molecular complexity index is 557. The summed E-state index contributed by atoms with van der Waals surface area (Å²) < 4.78 is 5.21. The zero-order chi connectivity index (χ0) is 13.7. The van der Waals surface area contributed by atoms with Gasteiger partial charge < -0.3 is 4.42 Å². The van der Waals surface area contributed by atoms with Gasteiger partial charge in [-0.25, -0.2) is 5.10 Å². The van der Waals surface area contributed by atoms with Crippen LogP contribution in [0.4, 0.5) is 0 Å². The molecule has 0 spiro atoms. The molecule has 1 aromatic heterocycles. The van der Waals surface area contributed by atoms with Crippen LogP contribution < -0.4 is 0 Å². The molecule has 102 valence electrons. The van der Waals surface area contributed by atoms with E-state index in [-0.39, 0.29) is 0 Å². The van der Waals surface area contributed by atoms with E-state index in [9.17, 15) is 0 Å². The maximum absolute atomic E-state index is 5.21. The Hall–Kier alpha value is -1.07. The Labute approximate surface area is 122 Å². The van der Waals surface area contributed by atoms with Gasteiger partial charge in [-0.3, -0.25) is 0 Å². The minimum Gasteiger partial charge on any atom is -0.413 e. The van der Waals surface area contributed by atoms with Crippen LogP contribution in [0.25, 0.3) is 0 Å². The molecule has 0 aliphatic heterocycles. The highest BCUT2D eigenvalue weighted by Gasteiger charge is 2.01. The van der Waals surface area contributed by atoms with Gasteiger partial charge in [0.2, 0.25) is 5.89 Å². The average Bonchev–Trinajstić information content (AvgIpc) is 2.81. The highest BCUT2D eigenvalue weighted by molar-refractivity contribution is 7.98. The number of rotatable bonds is 6. The van der Waals surface area contributed by atoms with Gasteiger partial charge in [0.15, 0.2) is 0 Å². The van der Waals surface area contributed by atoms with E-state index in [0.717, 1.165) is 17.9 Å². The molecule has 0 fully saturated rings. The molecule has 2 rings (SSSR count). The first-order chi connectivity index (χ1) is 9.15. The van der Waals surface area contributed by atoms with E-state index in [1.807, 2.05) is 0 Å². The van der Waals surface area contributed by atoms with E-state index in [1.54, 1.807) is 11.8 Å². The second-order valence-electron chi connectivity index (χ2n) is 4.71. The SMILES string of the molecule is CC(C)c1ccc(CCSCc2n[nH]c(=S)o2)cc1. The first-order valence-electron chi connectivity index (χ1n) is 6.36. The number of hydrogen-bond donors (Lipinski definition) is 1. The summed E-state index contributed by atoms with van der Waals surface area (Å²) in [5.41, 5.74) is 2.77. The van der Waals surface area contributed by atoms with Crippen molar-refractivity contribution in [3.63, 3.8) is 0 Å². The molecule has 0 amide bonds. The fourth-order valence-corrected chi connectivity index (χ4v) is 2.71. The van der Waals surface area contributed by atoms with Crippen molar-refractivity contribution in [3.05, 3.63) is 46.1 Å². The number of nitrogens with zero attached hydrogens (tertiary/aromatic N) is 1. The van der Waals surface area contributed by atoms with E-state index in [2.05, 4.69) is 48.3 Å². The van der Waals surface area contributed by atoms with Crippen LogP contribution in [0.1, 0.15) is 36.8 Å². The highest BCUT2D eigenvalue weighted by Crippen LogP contribution is 2.17. The molecule has 0 unspecified atom stereocenters. The zero-order valence-electron chi connectivity index (χ0n) is 11.2. The van der Waals surface area contributed by atoms with Gasteiger partial charge in [-0.15, -0.1) is 5.10 Å². The van der Waals surface area contributed by atoms with Crippen molar-refractivity contribution < 1.29 is 4.42 Å². The van der Waals surface area contributed by atoms with Crippen LogP contribution in [0, 0.1) is 4.84 Å². The van der Waals surface area contributed by atoms with Crippen LogP contribution in [0.2, 0.25) is 0 Å². The number of thioether (sulfide) groups is 1. The first-order valence-corrected chi connectivity index (χ1v) is 7.92. The predicted octanol–water partition coefficient (Wildman–Crippen LogP) is 4.33. The largest absolute Gasteiger partial charge is 0.413 e. The monoisotopic (exact) mass is 294 g/mol. The Balaban J connectivity index is 1.75. The topological polar surface area (TPSA) is 41.8 Å². The minimum absolute atomic E-state index is 0.347. The molecule has 0 atom stereocenters. The van der Waals surface area contributed by atoms with Crippen molar-refractivity contribution in [1.82, 2.24) is 10.2 Å². The van der Waals surface area contributed by atoms with Crippen LogP contribution in [0.5, 0.6) is 0 Å². The number of aryl methyl sites for hydroxylation is 1. The van der Waals surface area contributed by atoms with Gasteiger partial charge in [0.1, 0.15) is 0 Å². The fourth-order valence-electron chi connectivity index (χ4n) is 1.74. The zero-order valence-corrected chi connectivity index (χ0v) is 12.8. The number of nitrogens with one attached hydrogen (secondary N) is 1. The molecule has 0 saturated carbocycles. The lowest BCUT2D eigenvalue weighted by Gasteiger charge is -2.06. The summed E-state index contributed by atoms with van der Waals surface area (Å²) in [6.07, 6.45) is 1.06. The van der Waals surface area contributed by atoms with Crippen molar-refractivity contribution >= 4 is 24.0 Å². The van der Waals surface area contributed by atoms with E-state index in [4.69, 9.17) is 16.6 Å². The summed E-state index contributed by atoms with van der Waals surface area (Å²) in [5, 5.41) is 6.60. The van der Waals surface area contributed by atoms with Gasteiger partial charge in [0.05, 0.1) is 5.75 Å². The molecular formula is C14H18N2OS2. The molecule has 2 aromatic rings. The molecule has 1 heterocycles. The van der Waals surface area contributed by atoms with Gasteiger partial charge in [-0.2, -0.15) is 11.8 Å². The lowest BCUT2D eigenvalue weighted by atomic mass is 10.0. The first kappa shape index (κ1) is 14.3. The van der Waals surface area contributed by atoms with Gasteiger partial charge in [-0.1, -0.05) is 38.1 Å². The molecule has 19 heavy (non-hydrogen) atoms. The molecule has 0 aliphatic carbocycles. The predicted molar refractivity (Wildman–Crippen MR) is 82.1 cm³/mol. The van der Waals surface area contributed by atoms with Crippen LogP contribution in [-0.2, 0) is 12.2 Å². The summed E-state index contributed by atoms with van der Waals surface area (Å²) in [6.45, 7) is 4.43. The van der Waals surface area contributed by atoms with Gasteiger partial charge in [0.25, 0.3) is 4.84 Å². The number of aromatic amines is 1. The van der Waals surface area contributed by atoms with E-state index in [0.29, 0.717) is 16.6 Å². The molecule has 0 bridgehead atoms. The minimum atomic E-state index is 0.347. The lowest BCUT2D eigenvalue weighted by Crippen LogP contribution is -1.92.